The van der Waals surface area contributed by atoms with Crippen molar-refractivity contribution >= 4 is 23.2 Å². The molecule has 1 saturated heterocycles. The van der Waals surface area contributed by atoms with Crippen molar-refractivity contribution in [2.75, 3.05) is 13.1 Å². The van der Waals surface area contributed by atoms with Crippen molar-refractivity contribution in [3.05, 3.63) is 38.9 Å². The van der Waals surface area contributed by atoms with Gasteiger partial charge in [-0.1, -0.05) is 11.6 Å². The fraction of sp³-hybridized carbons (Fsp3) is 0.417. The number of nitro groups is 1. The number of carbonyl (C=O) groups excluding carboxylic acids is 1. The van der Waals surface area contributed by atoms with E-state index in [1.54, 1.807) is 0 Å². The van der Waals surface area contributed by atoms with E-state index in [1.165, 1.54) is 18.2 Å². The third kappa shape index (κ3) is 3.42. The van der Waals surface area contributed by atoms with E-state index in [9.17, 15) is 14.9 Å². The van der Waals surface area contributed by atoms with Gasteiger partial charge in [0.2, 0.25) is 0 Å². The topological polar surface area (TPSA) is 84.3 Å². The highest BCUT2D eigenvalue weighted by Crippen LogP contribution is 2.21. The Kier molecular flexibility index (Phi) is 4.34. The summed E-state index contributed by atoms with van der Waals surface area (Å²) in [7, 11) is 0. The van der Waals surface area contributed by atoms with Crippen molar-refractivity contribution in [3.63, 3.8) is 0 Å². The SMILES string of the molecule is O=C(NCC1CCCN1)c1cc([N+](=O)[O-])ccc1Cl. The molecule has 1 amide bonds. The molecule has 0 bridgehead atoms. The van der Waals surface area contributed by atoms with Gasteiger partial charge >= 0.3 is 0 Å². The number of nitrogens with zero attached hydrogens (tertiary/aromatic N) is 1. The van der Waals surface area contributed by atoms with Gasteiger partial charge in [0.05, 0.1) is 15.5 Å². The predicted octanol–water partition coefficient (Wildman–Crippen LogP) is 1.73. The van der Waals surface area contributed by atoms with Gasteiger partial charge in [0.1, 0.15) is 0 Å². The molecular formula is C12H14ClN3O3. The second-order valence-corrected chi connectivity index (χ2v) is 4.83. The summed E-state index contributed by atoms with van der Waals surface area (Å²) in [5.41, 5.74) is -0.0117. The lowest BCUT2D eigenvalue weighted by molar-refractivity contribution is -0.384. The van der Waals surface area contributed by atoms with Crippen LogP contribution >= 0.6 is 11.6 Å². The number of hydrogen-bond acceptors (Lipinski definition) is 4. The van der Waals surface area contributed by atoms with Crippen molar-refractivity contribution < 1.29 is 9.72 Å². The molecule has 1 aliphatic heterocycles. The van der Waals surface area contributed by atoms with Crippen molar-refractivity contribution in [2.24, 2.45) is 0 Å². The molecule has 7 heteroatoms. The summed E-state index contributed by atoms with van der Waals surface area (Å²) in [5, 5.41) is 16.9. The molecule has 2 N–H and O–H groups in total. The van der Waals surface area contributed by atoms with Gasteiger partial charge in [-0.25, -0.2) is 0 Å². The van der Waals surface area contributed by atoms with Crippen LogP contribution in [0.5, 0.6) is 0 Å². The monoisotopic (exact) mass is 283 g/mol. The van der Waals surface area contributed by atoms with E-state index in [2.05, 4.69) is 10.6 Å². The Hall–Kier alpha value is -1.66. The molecule has 1 heterocycles. The summed E-state index contributed by atoms with van der Waals surface area (Å²) in [6, 6.07) is 4.10. The van der Waals surface area contributed by atoms with Crippen LogP contribution in [-0.4, -0.2) is 30.0 Å². The van der Waals surface area contributed by atoms with Crippen LogP contribution in [0.3, 0.4) is 0 Å². The molecule has 6 nitrogen and oxygen atoms in total. The summed E-state index contributed by atoms with van der Waals surface area (Å²) in [5.74, 6) is -0.387. The summed E-state index contributed by atoms with van der Waals surface area (Å²) in [4.78, 5) is 22.1. The van der Waals surface area contributed by atoms with E-state index >= 15 is 0 Å². The van der Waals surface area contributed by atoms with Crippen molar-refractivity contribution in [3.8, 4) is 0 Å². The molecule has 1 aromatic rings. The number of carbonyl (C=O) groups is 1. The summed E-state index contributed by atoms with van der Waals surface area (Å²) >= 11 is 5.89. The Balaban J connectivity index is 2.04. The van der Waals surface area contributed by atoms with Crippen LogP contribution in [0.15, 0.2) is 18.2 Å². The zero-order valence-electron chi connectivity index (χ0n) is 10.2. The number of hydrogen-bond donors (Lipinski definition) is 2. The normalized spacial score (nSPS) is 18.3. The summed E-state index contributed by atoms with van der Waals surface area (Å²) in [6.07, 6.45) is 2.11. The predicted molar refractivity (Wildman–Crippen MR) is 71.5 cm³/mol. The van der Waals surface area contributed by atoms with Crippen LogP contribution in [0.1, 0.15) is 23.2 Å². The number of non-ortho nitro benzene ring substituents is 1. The van der Waals surface area contributed by atoms with Crippen molar-refractivity contribution in [1.82, 2.24) is 10.6 Å². The highest BCUT2D eigenvalue weighted by Gasteiger charge is 2.18. The van der Waals surface area contributed by atoms with Gasteiger partial charge in [0.15, 0.2) is 0 Å². The first-order valence-electron chi connectivity index (χ1n) is 6.03. The van der Waals surface area contributed by atoms with E-state index in [0.717, 1.165) is 19.4 Å². The number of nitro benzene ring substituents is 1. The molecule has 2 rings (SSSR count). The molecular weight excluding hydrogens is 270 g/mol. The molecule has 0 radical (unpaired) electrons. The molecule has 0 saturated carbocycles. The average molecular weight is 284 g/mol. The summed E-state index contributed by atoms with van der Waals surface area (Å²) in [6.45, 7) is 1.45. The molecule has 0 aromatic heterocycles. The molecule has 19 heavy (non-hydrogen) atoms. The van der Waals surface area contributed by atoms with E-state index < -0.39 is 4.92 Å². The molecule has 0 aliphatic carbocycles. The fourth-order valence-electron chi connectivity index (χ4n) is 2.04. The Labute approximate surface area is 115 Å². The first-order valence-corrected chi connectivity index (χ1v) is 6.41. The Bertz CT molecular complexity index is 501. The standard InChI is InChI=1S/C12H14ClN3O3/c13-11-4-3-9(16(18)19)6-10(11)12(17)15-7-8-2-1-5-14-8/h3-4,6,8,14H,1-2,5,7H2,(H,15,17). The maximum absolute atomic E-state index is 12.0. The van der Waals surface area contributed by atoms with E-state index in [-0.39, 0.29) is 28.2 Å². The lowest BCUT2D eigenvalue weighted by Crippen LogP contribution is -2.37. The summed E-state index contributed by atoms with van der Waals surface area (Å²) < 4.78 is 0. The maximum atomic E-state index is 12.0. The second-order valence-electron chi connectivity index (χ2n) is 4.42. The average Bonchev–Trinajstić information content (AvgIpc) is 2.89. The Morgan fingerprint density at radius 2 is 2.37 bits per heavy atom. The second kappa shape index (κ2) is 5.99. The zero-order valence-corrected chi connectivity index (χ0v) is 10.9. The zero-order chi connectivity index (χ0) is 13.8. The number of nitrogens with one attached hydrogen (secondary N) is 2. The lowest BCUT2D eigenvalue weighted by Gasteiger charge is -2.12. The third-order valence-corrected chi connectivity index (χ3v) is 3.41. The van der Waals surface area contributed by atoms with E-state index in [4.69, 9.17) is 11.6 Å². The highest BCUT2D eigenvalue weighted by molar-refractivity contribution is 6.33. The van der Waals surface area contributed by atoms with Crippen LogP contribution < -0.4 is 10.6 Å². The molecule has 102 valence electrons. The van der Waals surface area contributed by atoms with Gasteiger partial charge in [-0.15, -0.1) is 0 Å². The molecule has 1 aromatic carbocycles. The maximum Gasteiger partial charge on any atom is 0.270 e. The van der Waals surface area contributed by atoms with Gasteiger partial charge in [0, 0.05) is 24.7 Å². The minimum absolute atomic E-state index is 0.133. The smallest absolute Gasteiger partial charge is 0.270 e. The molecule has 1 unspecified atom stereocenters. The number of amides is 1. The Morgan fingerprint density at radius 3 is 3.00 bits per heavy atom. The minimum atomic E-state index is -0.550. The van der Waals surface area contributed by atoms with E-state index in [1.807, 2.05) is 0 Å². The molecule has 1 fully saturated rings. The molecule has 0 spiro atoms. The quantitative estimate of drug-likeness (QED) is 0.651. The first-order chi connectivity index (χ1) is 9.08. The lowest BCUT2D eigenvalue weighted by atomic mass is 10.1. The largest absolute Gasteiger partial charge is 0.350 e. The molecule has 1 atom stereocenters. The van der Waals surface area contributed by atoms with Gasteiger partial charge in [-0.2, -0.15) is 0 Å². The van der Waals surface area contributed by atoms with Crippen LogP contribution in [0, 0.1) is 10.1 Å². The van der Waals surface area contributed by atoms with Crippen LogP contribution in [0.4, 0.5) is 5.69 Å². The third-order valence-electron chi connectivity index (χ3n) is 3.08. The number of halogens is 1. The molecule has 1 aliphatic rings. The number of rotatable bonds is 4. The van der Waals surface area contributed by atoms with Crippen LogP contribution in [0.25, 0.3) is 0 Å². The fourth-order valence-corrected chi connectivity index (χ4v) is 2.25. The van der Waals surface area contributed by atoms with Crippen LogP contribution in [-0.2, 0) is 0 Å². The minimum Gasteiger partial charge on any atom is -0.350 e. The Morgan fingerprint density at radius 1 is 1.58 bits per heavy atom. The highest BCUT2D eigenvalue weighted by atomic mass is 35.5. The van der Waals surface area contributed by atoms with Crippen molar-refractivity contribution in [1.29, 1.82) is 0 Å². The van der Waals surface area contributed by atoms with Crippen molar-refractivity contribution in [2.45, 2.75) is 18.9 Å². The van der Waals surface area contributed by atoms with E-state index in [0.29, 0.717) is 6.54 Å². The first kappa shape index (κ1) is 13.8. The van der Waals surface area contributed by atoms with Gasteiger partial charge in [0.25, 0.3) is 11.6 Å². The van der Waals surface area contributed by atoms with Gasteiger partial charge in [-0.05, 0) is 25.5 Å². The van der Waals surface area contributed by atoms with Crippen LogP contribution in [0.2, 0.25) is 5.02 Å². The number of benzene rings is 1. The van der Waals surface area contributed by atoms with Gasteiger partial charge in [-0.3, -0.25) is 14.9 Å². The van der Waals surface area contributed by atoms with Gasteiger partial charge < -0.3 is 10.6 Å².